The van der Waals surface area contributed by atoms with Gasteiger partial charge in [0.15, 0.2) is 17.1 Å². The number of fused-ring (bicyclic) bond motifs is 5. The third kappa shape index (κ3) is 3.46. The minimum atomic E-state index is -2.34. The molecular weight excluding hydrogens is 497 g/mol. The summed E-state index contributed by atoms with van der Waals surface area (Å²) >= 11 is 0.354. The quantitative estimate of drug-likeness (QED) is 0.498. The molecule has 9 atom stereocenters. The van der Waals surface area contributed by atoms with Crippen LogP contribution in [0.5, 0.6) is 0 Å². The molecule has 0 radical (unpaired) electrons. The Bertz CT molecular complexity index is 1020. The monoisotopic (exact) mass is 530 g/mol. The predicted octanol–water partition coefficient (Wildman–Crippen LogP) is 5.04. The van der Waals surface area contributed by atoms with Crippen LogP contribution >= 0.6 is 11.8 Å². The summed E-state index contributed by atoms with van der Waals surface area (Å²) in [6.45, 7) is 6.63. The van der Waals surface area contributed by atoms with Crippen LogP contribution in [0.4, 0.5) is 18.0 Å². The summed E-state index contributed by atoms with van der Waals surface area (Å²) in [7, 11) is 0. The zero-order valence-electron chi connectivity index (χ0n) is 20.9. The van der Waals surface area contributed by atoms with Gasteiger partial charge < -0.3 is 14.6 Å². The maximum absolute atomic E-state index is 17.3. The van der Waals surface area contributed by atoms with E-state index in [-0.39, 0.29) is 31.4 Å². The smallest absolute Gasteiger partial charge is 0.434 e. The maximum atomic E-state index is 17.3. The molecule has 10 heteroatoms. The summed E-state index contributed by atoms with van der Waals surface area (Å²) < 4.78 is 57.1. The minimum Gasteiger partial charge on any atom is -0.434 e. The average Bonchev–Trinajstić information content (AvgIpc) is 3.03. The number of ketones is 1. The molecule has 0 spiro atoms. The van der Waals surface area contributed by atoms with Crippen molar-refractivity contribution in [1.82, 2.24) is 0 Å². The highest BCUT2D eigenvalue weighted by Crippen LogP contribution is 2.72. The van der Waals surface area contributed by atoms with Gasteiger partial charge in [0.25, 0.3) is 0 Å². The van der Waals surface area contributed by atoms with Gasteiger partial charge in [0.2, 0.25) is 5.12 Å². The molecule has 0 amide bonds. The van der Waals surface area contributed by atoms with Crippen LogP contribution in [0.1, 0.15) is 53.4 Å². The van der Waals surface area contributed by atoms with E-state index < -0.39 is 75.2 Å². The molecule has 1 N–H and O–H groups in total. The molecule has 3 fully saturated rings. The number of hydrogen-bond acceptors (Lipinski definition) is 7. The molecule has 4 aliphatic carbocycles. The third-order valence-corrected chi connectivity index (χ3v) is 10.0. The van der Waals surface area contributed by atoms with Gasteiger partial charge in [-0.25, -0.2) is 18.0 Å². The van der Waals surface area contributed by atoms with Gasteiger partial charge in [-0.15, -0.1) is 0 Å². The number of alkyl halides is 3. The number of carbonyl (C=O) groups is 3. The SMILES string of the molecule is CCCOC(=O)O[C@]1(C(=O)SCF)[C@H](C)CC2C3C[C@H](F)C4=CC(=O)C=C[C@]4(C)[C@@]3(F)[C@@H](O)C[C@@]21C. The number of thioether (sulfide) groups is 1. The zero-order chi connectivity index (χ0) is 26.7. The number of carbonyl (C=O) groups excluding carboxylic acids is 3. The topological polar surface area (TPSA) is 89.9 Å². The fraction of sp³-hybridized carbons (Fsp3) is 0.731. The summed E-state index contributed by atoms with van der Waals surface area (Å²) in [5, 5.41) is 10.7. The number of halogens is 3. The van der Waals surface area contributed by atoms with Crippen LogP contribution in [0.3, 0.4) is 0 Å². The molecule has 36 heavy (non-hydrogen) atoms. The molecule has 200 valence electrons. The lowest BCUT2D eigenvalue weighted by Gasteiger charge is -2.63. The minimum absolute atomic E-state index is 0.00262. The van der Waals surface area contributed by atoms with Crippen molar-refractivity contribution in [2.45, 2.75) is 76.9 Å². The van der Waals surface area contributed by atoms with Crippen LogP contribution in [0.15, 0.2) is 23.8 Å². The summed E-state index contributed by atoms with van der Waals surface area (Å²) in [5.74, 6) is -2.84. The van der Waals surface area contributed by atoms with E-state index in [0.717, 1.165) is 6.08 Å². The van der Waals surface area contributed by atoms with Gasteiger partial charge in [-0.2, -0.15) is 0 Å². The molecule has 0 saturated heterocycles. The number of hydrogen-bond donors (Lipinski definition) is 1. The molecule has 0 bridgehead atoms. The highest BCUT2D eigenvalue weighted by Gasteiger charge is 2.78. The maximum Gasteiger partial charge on any atom is 0.509 e. The van der Waals surface area contributed by atoms with E-state index in [4.69, 9.17) is 9.47 Å². The van der Waals surface area contributed by atoms with Gasteiger partial charge in [-0.05, 0) is 68.0 Å². The standard InChI is InChI=1S/C26H33F3O6S/c1-5-8-34-22(33)35-26(21(32)36-13-27)14(2)9-16-17-11-19(28)18-10-15(30)6-7-23(18,3)25(17,29)20(31)12-24(16,26)4/h6-7,10,14,16-17,19-20,31H,5,8-9,11-13H2,1-4H3/t14-,16?,17?,19+,20+,23+,24+,25+,26+/m1/s1. The molecule has 4 rings (SSSR count). The van der Waals surface area contributed by atoms with Crippen molar-refractivity contribution >= 4 is 28.8 Å². The Morgan fingerprint density at radius 1 is 1.25 bits per heavy atom. The Labute approximate surface area is 213 Å². The number of rotatable bonds is 5. The Morgan fingerprint density at radius 2 is 1.94 bits per heavy atom. The van der Waals surface area contributed by atoms with Crippen molar-refractivity contribution in [2.75, 3.05) is 12.6 Å². The molecule has 4 aliphatic rings. The van der Waals surface area contributed by atoms with E-state index in [0.29, 0.717) is 18.2 Å². The van der Waals surface area contributed by atoms with Gasteiger partial charge in [-0.3, -0.25) is 9.59 Å². The second-order valence-corrected chi connectivity index (χ2v) is 11.9. The lowest BCUT2D eigenvalue weighted by molar-refractivity contribution is -0.223. The van der Waals surface area contributed by atoms with Gasteiger partial charge >= 0.3 is 6.16 Å². The normalized spacial score (nSPS) is 45.3. The van der Waals surface area contributed by atoms with Crippen LogP contribution < -0.4 is 0 Å². The van der Waals surface area contributed by atoms with Crippen molar-refractivity contribution in [2.24, 2.45) is 28.6 Å². The highest BCUT2D eigenvalue weighted by atomic mass is 32.2. The van der Waals surface area contributed by atoms with Gasteiger partial charge in [0.05, 0.1) is 12.7 Å². The van der Waals surface area contributed by atoms with Crippen molar-refractivity contribution in [3.63, 3.8) is 0 Å². The van der Waals surface area contributed by atoms with Crippen LogP contribution in [-0.4, -0.2) is 58.3 Å². The molecule has 2 unspecified atom stereocenters. The molecule has 0 aromatic carbocycles. The average molecular weight is 531 g/mol. The summed E-state index contributed by atoms with van der Waals surface area (Å²) in [6, 6.07) is -1.06. The first-order chi connectivity index (χ1) is 16.8. The summed E-state index contributed by atoms with van der Waals surface area (Å²) in [4.78, 5) is 38.1. The van der Waals surface area contributed by atoms with E-state index in [1.165, 1.54) is 19.1 Å². The van der Waals surface area contributed by atoms with E-state index >= 15 is 8.78 Å². The fourth-order valence-corrected chi connectivity index (χ4v) is 8.51. The van der Waals surface area contributed by atoms with E-state index in [2.05, 4.69) is 0 Å². The van der Waals surface area contributed by atoms with Crippen LogP contribution in [0, 0.1) is 28.6 Å². The molecule has 0 aromatic heterocycles. The largest absolute Gasteiger partial charge is 0.509 e. The van der Waals surface area contributed by atoms with E-state index in [1.54, 1.807) is 20.8 Å². The lowest BCUT2D eigenvalue weighted by Crippen LogP contribution is -2.70. The van der Waals surface area contributed by atoms with Gasteiger partial charge in [-0.1, -0.05) is 26.8 Å². The lowest BCUT2D eigenvalue weighted by atomic mass is 9.44. The Kier molecular flexibility index (Phi) is 6.95. The first-order valence-electron chi connectivity index (χ1n) is 12.4. The second kappa shape index (κ2) is 9.19. The van der Waals surface area contributed by atoms with Crippen molar-refractivity contribution in [3.05, 3.63) is 23.8 Å². The van der Waals surface area contributed by atoms with E-state index in [9.17, 15) is 23.9 Å². The molecule has 0 aliphatic heterocycles. The third-order valence-electron chi connectivity index (χ3n) is 9.33. The number of aliphatic hydroxyl groups is 1. The molecule has 3 saturated carbocycles. The molecule has 0 aromatic rings. The fourth-order valence-electron chi connectivity index (χ4n) is 7.72. The van der Waals surface area contributed by atoms with Crippen molar-refractivity contribution < 1.29 is 42.1 Å². The highest BCUT2D eigenvalue weighted by molar-refractivity contribution is 8.13. The second-order valence-electron chi connectivity index (χ2n) is 11.0. The Balaban J connectivity index is 1.83. The van der Waals surface area contributed by atoms with Crippen molar-refractivity contribution in [1.29, 1.82) is 0 Å². The summed E-state index contributed by atoms with van der Waals surface area (Å²) in [5.41, 5.74) is -7.13. The first-order valence-corrected chi connectivity index (χ1v) is 13.4. The van der Waals surface area contributed by atoms with Gasteiger partial charge in [0.1, 0.15) is 12.2 Å². The predicted molar refractivity (Wildman–Crippen MR) is 127 cm³/mol. The Hall–Kier alpha value is -1.81. The van der Waals surface area contributed by atoms with Crippen LogP contribution in [0.25, 0.3) is 0 Å². The van der Waals surface area contributed by atoms with Crippen molar-refractivity contribution in [3.8, 4) is 0 Å². The van der Waals surface area contributed by atoms with Crippen LogP contribution in [0.2, 0.25) is 0 Å². The molecule has 0 heterocycles. The number of ether oxygens (including phenoxy) is 2. The van der Waals surface area contributed by atoms with Gasteiger partial charge in [0, 0.05) is 22.7 Å². The first kappa shape index (κ1) is 27.2. The van der Waals surface area contributed by atoms with E-state index in [1.807, 2.05) is 0 Å². The number of allylic oxidation sites excluding steroid dienone is 4. The van der Waals surface area contributed by atoms with Crippen LogP contribution in [-0.2, 0) is 19.1 Å². The Morgan fingerprint density at radius 3 is 2.58 bits per heavy atom. The zero-order valence-corrected chi connectivity index (χ0v) is 21.7. The summed E-state index contributed by atoms with van der Waals surface area (Å²) in [6.07, 6.45) is -0.641. The molecular formula is C26H33F3O6S. The number of aliphatic hydroxyl groups excluding tert-OH is 1. The molecule has 6 nitrogen and oxygen atoms in total.